The number of halogens is 2. The van der Waals surface area contributed by atoms with Gasteiger partial charge in [-0.05, 0) is 84.9 Å². The number of aliphatic carboxylic acids is 1. The Morgan fingerprint density at radius 3 is 1.50 bits per heavy atom. The summed E-state index contributed by atoms with van der Waals surface area (Å²) in [5.74, 6) is -6.68. The van der Waals surface area contributed by atoms with Crippen LogP contribution >= 0.6 is 23.2 Å². The van der Waals surface area contributed by atoms with Gasteiger partial charge in [0.05, 0.1) is 11.1 Å². The first-order chi connectivity index (χ1) is 22.0. The summed E-state index contributed by atoms with van der Waals surface area (Å²) in [5, 5.41) is 13.1. The first-order valence-corrected chi connectivity index (χ1v) is 14.0. The van der Waals surface area contributed by atoms with Gasteiger partial charge in [-0.2, -0.15) is 0 Å². The molecule has 0 radical (unpaired) electrons. The molecule has 0 aliphatic carbocycles. The van der Waals surface area contributed by atoms with E-state index in [-0.39, 0.29) is 22.6 Å². The second-order valence-electron chi connectivity index (χ2n) is 9.34. The third-order valence-electron chi connectivity index (χ3n) is 6.14. The Labute approximate surface area is 271 Å². The Balaban J connectivity index is 1.47. The molecule has 0 heterocycles. The molecule has 2 atom stereocenters. The highest BCUT2D eigenvalue weighted by Gasteiger charge is 2.41. The average molecular weight is 664 g/mol. The van der Waals surface area contributed by atoms with Crippen molar-refractivity contribution < 1.29 is 43.3 Å². The lowest BCUT2D eigenvalue weighted by Crippen LogP contribution is -2.54. The number of amides is 3. The fraction of sp³-hybridized carbons (Fsp3) is 0.0625. The number of benzene rings is 4. The van der Waals surface area contributed by atoms with Crippen LogP contribution in [0.2, 0.25) is 10.0 Å². The van der Waals surface area contributed by atoms with Crippen molar-refractivity contribution >= 4 is 64.5 Å². The smallest absolute Gasteiger partial charge is 0.349 e. The number of ether oxygens (including phenoxy) is 2. The van der Waals surface area contributed by atoms with E-state index < -0.39 is 41.9 Å². The lowest BCUT2D eigenvalue weighted by Gasteiger charge is -2.23. The minimum Gasteiger partial charge on any atom is -0.478 e. The van der Waals surface area contributed by atoms with E-state index in [1.54, 1.807) is 30.3 Å². The monoisotopic (exact) mass is 663 g/mol. The Bertz CT molecular complexity index is 1750. The highest BCUT2D eigenvalue weighted by molar-refractivity contribution is 6.31. The molecular weight excluding hydrogens is 641 g/mol. The summed E-state index contributed by atoms with van der Waals surface area (Å²) in [6.45, 7) is 0. The third kappa shape index (κ3) is 8.91. The zero-order chi connectivity index (χ0) is 33.2. The molecule has 0 saturated heterocycles. The van der Waals surface area contributed by atoms with E-state index in [1.807, 2.05) is 5.43 Å². The molecular formula is C32H23Cl2N3O9. The van der Waals surface area contributed by atoms with Gasteiger partial charge in [0, 0.05) is 26.9 Å². The summed E-state index contributed by atoms with van der Waals surface area (Å²) in [4.78, 5) is 76.0. The maximum atomic E-state index is 13.2. The van der Waals surface area contributed by atoms with E-state index in [4.69, 9.17) is 32.7 Å². The minimum absolute atomic E-state index is 0.0386. The van der Waals surface area contributed by atoms with E-state index in [0.717, 1.165) is 0 Å². The second-order valence-corrected chi connectivity index (χ2v) is 10.2. The normalized spacial score (nSPS) is 11.7. The summed E-state index contributed by atoms with van der Waals surface area (Å²) >= 11 is 11.7. The molecule has 14 heteroatoms. The molecule has 0 spiro atoms. The van der Waals surface area contributed by atoms with Crippen molar-refractivity contribution in [3.05, 3.63) is 135 Å². The summed E-state index contributed by atoms with van der Waals surface area (Å²) in [6.07, 6.45) is -4.61. The molecule has 4 aromatic rings. The molecule has 0 aliphatic rings. The van der Waals surface area contributed by atoms with Gasteiger partial charge in [-0.3, -0.25) is 25.2 Å². The van der Waals surface area contributed by atoms with Crippen LogP contribution in [-0.2, 0) is 19.1 Å². The molecule has 0 unspecified atom stereocenters. The number of hydrazine groups is 1. The van der Waals surface area contributed by atoms with Crippen LogP contribution in [0.25, 0.3) is 0 Å². The predicted octanol–water partition coefficient (Wildman–Crippen LogP) is 4.54. The molecule has 0 fully saturated rings. The molecule has 234 valence electrons. The van der Waals surface area contributed by atoms with Crippen LogP contribution < -0.4 is 16.2 Å². The van der Waals surface area contributed by atoms with Gasteiger partial charge in [-0.1, -0.05) is 41.4 Å². The summed E-state index contributed by atoms with van der Waals surface area (Å²) in [7, 11) is 0. The Morgan fingerprint density at radius 2 is 1.00 bits per heavy atom. The number of rotatable bonds is 10. The number of anilines is 1. The van der Waals surface area contributed by atoms with Gasteiger partial charge < -0.3 is 19.9 Å². The van der Waals surface area contributed by atoms with Gasteiger partial charge in [0.25, 0.3) is 17.7 Å². The van der Waals surface area contributed by atoms with E-state index in [0.29, 0.717) is 21.3 Å². The molecule has 3 amide bonds. The quantitative estimate of drug-likeness (QED) is 0.140. The van der Waals surface area contributed by atoms with Gasteiger partial charge in [0.2, 0.25) is 12.2 Å². The van der Waals surface area contributed by atoms with Crippen LogP contribution in [0.5, 0.6) is 0 Å². The molecule has 12 nitrogen and oxygen atoms in total. The van der Waals surface area contributed by atoms with Crippen molar-refractivity contribution in [1.29, 1.82) is 0 Å². The molecule has 0 aromatic heterocycles. The van der Waals surface area contributed by atoms with Crippen LogP contribution in [0.1, 0.15) is 41.4 Å². The van der Waals surface area contributed by atoms with Gasteiger partial charge in [-0.25, -0.2) is 14.4 Å². The van der Waals surface area contributed by atoms with Gasteiger partial charge in [0.15, 0.2) is 0 Å². The van der Waals surface area contributed by atoms with Crippen LogP contribution in [-0.4, -0.2) is 52.9 Å². The fourth-order valence-electron chi connectivity index (χ4n) is 3.79. The van der Waals surface area contributed by atoms with Crippen molar-refractivity contribution in [2.45, 2.75) is 12.2 Å². The Kier molecular flexibility index (Phi) is 11.1. The van der Waals surface area contributed by atoms with Crippen molar-refractivity contribution in [1.82, 2.24) is 10.9 Å². The molecule has 46 heavy (non-hydrogen) atoms. The first kappa shape index (κ1) is 33.2. The molecule has 0 saturated carbocycles. The van der Waals surface area contributed by atoms with Crippen molar-refractivity contribution in [3.63, 3.8) is 0 Å². The van der Waals surface area contributed by atoms with Crippen molar-refractivity contribution in [2.75, 3.05) is 5.32 Å². The highest BCUT2D eigenvalue weighted by Crippen LogP contribution is 2.17. The maximum Gasteiger partial charge on any atom is 0.349 e. The highest BCUT2D eigenvalue weighted by atomic mass is 35.5. The van der Waals surface area contributed by atoms with Gasteiger partial charge in [0.1, 0.15) is 0 Å². The van der Waals surface area contributed by atoms with Gasteiger partial charge >= 0.3 is 17.9 Å². The summed E-state index contributed by atoms with van der Waals surface area (Å²) < 4.78 is 10.2. The van der Waals surface area contributed by atoms with Gasteiger partial charge in [-0.15, -0.1) is 0 Å². The average Bonchev–Trinajstić information content (AvgIpc) is 3.06. The largest absolute Gasteiger partial charge is 0.478 e. The first-order valence-electron chi connectivity index (χ1n) is 13.2. The molecule has 4 rings (SSSR count). The number of carbonyl (C=O) groups is 6. The number of hydrogen-bond donors (Lipinski definition) is 4. The predicted molar refractivity (Wildman–Crippen MR) is 165 cm³/mol. The maximum absolute atomic E-state index is 13.2. The van der Waals surface area contributed by atoms with Crippen LogP contribution in [0, 0.1) is 0 Å². The fourth-order valence-corrected chi connectivity index (χ4v) is 4.04. The topological polar surface area (TPSA) is 177 Å². The molecule has 0 bridgehead atoms. The molecule has 0 aliphatic heterocycles. The van der Waals surface area contributed by atoms with Crippen LogP contribution in [0.3, 0.4) is 0 Å². The number of carbonyl (C=O) groups excluding carboxylic acids is 5. The standard InChI is InChI=1S/C32H23Cl2N3O9/c33-22-12-6-20(7-13-22)31(43)45-25(26(30(41)42)46-32(44)21-8-14-23(34)15-9-21)29(40)37-36-28(39)19-10-16-24(17-11-19)35-27(38)18-4-2-1-3-5-18/h1-17,25-26H,(H,35,38)(H,36,39)(H,37,40)(H,41,42)/t25-,26+/m0/s1. The zero-order valence-electron chi connectivity index (χ0n) is 23.4. The zero-order valence-corrected chi connectivity index (χ0v) is 25.0. The van der Waals surface area contributed by atoms with Crippen molar-refractivity contribution in [2.24, 2.45) is 0 Å². The summed E-state index contributed by atoms with van der Waals surface area (Å²) in [5.41, 5.74) is 4.73. The molecule has 4 aromatic carbocycles. The van der Waals surface area contributed by atoms with E-state index >= 15 is 0 Å². The lowest BCUT2D eigenvalue weighted by atomic mass is 10.1. The lowest BCUT2D eigenvalue weighted by molar-refractivity contribution is -0.159. The van der Waals surface area contributed by atoms with E-state index in [2.05, 4.69) is 10.7 Å². The molecule has 4 N–H and O–H groups in total. The number of carboxylic acids is 1. The Hall–Kier alpha value is -5.72. The number of esters is 2. The SMILES string of the molecule is O=C(NNC(=O)[C@@H](OC(=O)c1ccc(Cl)cc1)[C@@H](OC(=O)c1ccc(Cl)cc1)C(=O)O)c1ccc(NC(=O)c2ccccc2)cc1. The minimum atomic E-state index is -2.34. The number of hydrogen-bond acceptors (Lipinski definition) is 8. The van der Waals surface area contributed by atoms with Crippen LogP contribution in [0.15, 0.2) is 103 Å². The number of nitrogens with one attached hydrogen (secondary N) is 3. The van der Waals surface area contributed by atoms with E-state index in [1.165, 1.54) is 72.8 Å². The summed E-state index contributed by atoms with van der Waals surface area (Å²) in [6, 6.07) is 24.6. The van der Waals surface area contributed by atoms with E-state index in [9.17, 15) is 33.9 Å². The van der Waals surface area contributed by atoms with Crippen LogP contribution in [0.4, 0.5) is 5.69 Å². The third-order valence-corrected chi connectivity index (χ3v) is 6.65. The van der Waals surface area contributed by atoms with Crippen molar-refractivity contribution in [3.8, 4) is 0 Å². The second kappa shape index (κ2) is 15.3. The number of carboxylic acid groups (broad SMARTS) is 1. The Morgan fingerprint density at radius 1 is 0.543 bits per heavy atom.